The van der Waals surface area contributed by atoms with E-state index in [4.69, 9.17) is 18.5 Å². The first-order valence-corrected chi connectivity index (χ1v) is 31.6. The molecule has 0 aliphatic carbocycles. The fraction of sp³-hybridized carbons (Fsp3) is 0.514. The number of ether oxygens (including phenoxy) is 2. The lowest BCUT2D eigenvalue weighted by molar-refractivity contribution is -0.870. The van der Waals surface area contributed by atoms with Gasteiger partial charge in [0.25, 0.3) is 7.82 Å². The van der Waals surface area contributed by atoms with Gasteiger partial charge in [-0.1, -0.05) is 221 Å². The molecule has 0 amide bonds. The summed E-state index contributed by atoms with van der Waals surface area (Å²) in [6, 6.07) is 0. The Kier molecular flexibility index (Phi) is 54.7. The van der Waals surface area contributed by atoms with Crippen molar-refractivity contribution in [3.63, 3.8) is 0 Å². The molecule has 0 radical (unpaired) electrons. The average Bonchev–Trinajstić information content (AvgIpc) is 3.42. The fourth-order valence-electron chi connectivity index (χ4n) is 7.04. The highest BCUT2D eigenvalue weighted by Crippen LogP contribution is 2.38. The van der Waals surface area contributed by atoms with E-state index in [2.05, 4.69) is 208 Å². The topological polar surface area (TPSA) is 111 Å². The largest absolute Gasteiger partial charge is 0.756 e. The van der Waals surface area contributed by atoms with Gasteiger partial charge in [0.15, 0.2) is 6.10 Å². The summed E-state index contributed by atoms with van der Waals surface area (Å²) in [4.78, 5) is 37.9. The molecule has 446 valence electrons. The first kappa shape index (κ1) is 74.8. The Morgan fingerprint density at radius 2 is 0.675 bits per heavy atom. The molecule has 0 N–H and O–H groups in total. The van der Waals surface area contributed by atoms with Crippen LogP contribution in [-0.4, -0.2) is 70.0 Å². The monoisotopic (exact) mass is 1120 g/mol. The summed E-state index contributed by atoms with van der Waals surface area (Å²) in [5, 5.41) is 0. The molecule has 0 spiro atoms. The van der Waals surface area contributed by atoms with E-state index in [0.717, 1.165) is 141 Å². The Morgan fingerprint density at radius 3 is 1.01 bits per heavy atom. The summed E-state index contributed by atoms with van der Waals surface area (Å²) >= 11 is 0. The van der Waals surface area contributed by atoms with Crippen LogP contribution in [0.25, 0.3) is 0 Å². The lowest BCUT2D eigenvalue weighted by Gasteiger charge is -2.28. The van der Waals surface area contributed by atoms with Crippen LogP contribution >= 0.6 is 7.82 Å². The molecule has 2 atom stereocenters. The Labute approximate surface area is 488 Å². The van der Waals surface area contributed by atoms with Crippen LogP contribution in [0.1, 0.15) is 181 Å². The minimum Gasteiger partial charge on any atom is -0.756 e. The van der Waals surface area contributed by atoms with Crippen LogP contribution in [0, 0.1) is 0 Å². The van der Waals surface area contributed by atoms with Crippen LogP contribution in [-0.2, 0) is 32.7 Å². The molecule has 0 aromatic heterocycles. The number of carbonyl (C=O) groups is 2. The number of likely N-dealkylation sites (N-methyl/N-ethyl adjacent to an activating group) is 1. The van der Waals surface area contributed by atoms with Crippen molar-refractivity contribution in [2.75, 3.05) is 47.5 Å². The van der Waals surface area contributed by atoms with E-state index in [0.29, 0.717) is 23.9 Å². The Bertz CT molecular complexity index is 2050. The first-order chi connectivity index (χ1) is 39.0. The van der Waals surface area contributed by atoms with E-state index in [1.165, 1.54) is 0 Å². The molecule has 0 aromatic rings. The minimum absolute atomic E-state index is 0.0563. The third kappa shape index (κ3) is 62.1. The van der Waals surface area contributed by atoms with Crippen LogP contribution in [0.3, 0.4) is 0 Å². The number of rotatable bonds is 52. The first-order valence-electron chi connectivity index (χ1n) is 30.1. The van der Waals surface area contributed by atoms with E-state index < -0.39 is 32.5 Å². The van der Waals surface area contributed by atoms with Crippen LogP contribution in [0.15, 0.2) is 194 Å². The van der Waals surface area contributed by atoms with E-state index in [1.807, 2.05) is 21.1 Å². The molecular formula is C70H108NO8P. The molecule has 0 rings (SSSR count). The van der Waals surface area contributed by atoms with Gasteiger partial charge < -0.3 is 27.9 Å². The summed E-state index contributed by atoms with van der Waals surface area (Å²) in [6.45, 7) is 3.89. The SMILES string of the molecule is CC/C=C\C/C=C\C/C=C\C/C=C\C/C=C\C/C=C\C/C=C\C/C=C\CCCCCCC(=O)OC(COC(=O)CCCC/C=C\C/C=C\C/C=C\C/C=C\C/C=C\C/C=C\C/C=C\C/C=C\CC)COP(=O)([O-])OCC[N+](C)(C)C. The average molecular weight is 1120 g/mol. The molecule has 0 bridgehead atoms. The van der Waals surface area contributed by atoms with Crippen molar-refractivity contribution < 1.29 is 42.1 Å². The third-order valence-electron chi connectivity index (χ3n) is 11.6. The molecular weight excluding hydrogens is 1010 g/mol. The number of hydrogen-bond acceptors (Lipinski definition) is 8. The smallest absolute Gasteiger partial charge is 0.306 e. The number of hydrogen-bond donors (Lipinski definition) is 0. The molecule has 0 aliphatic rings. The molecule has 2 unspecified atom stereocenters. The van der Waals surface area contributed by atoms with Crippen molar-refractivity contribution >= 4 is 19.8 Å². The molecule has 0 saturated heterocycles. The van der Waals surface area contributed by atoms with Crippen LogP contribution in [0.4, 0.5) is 0 Å². The van der Waals surface area contributed by atoms with Crippen molar-refractivity contribution in [3.8, 4) is 0 Å². The van der Waals surface area contributed by atoms with Crippen molar-refractivity contribution in [3.05, 3.63) is 194 Å². The molecule has 0 fully saturated rings. The standard InChI is InChI=1S/C70H108NO8P/c1-6-8-10-12-14-16-18-20-22-24-26-28-30-32-34-35-37-39-41-43-45-47-49-51-53-55-57-59-61-63-70(73)79-68(67-78-80(74,75)77-65-64-71(3,4)5)66-76-69(72)62-60-58-56-54-52-50-48-46-44-42-40-38-36-33-31-29-27-25-23-21-19-17-15-13-11-9-7-2/h8-11,14-17,20-23,26-29,32-34,36-37,39-40,42-43,45-46,48-49,51-52,54,68H,6-7,12-13,18-19,24-25,30-31,35,38,41,44,47,50,53,55-67H2,1-5H3/b10-8-,11-9-,16-14-,17-15-,22-20-,23-21-,28-26-,29-27-,34-32-,36-33-,39-37-,42-40-,45-43-,48-46-,51-49-,54-52-. The van der Waals surface area contributed by atoms with E-state index in [1.54, 1.807) is 0 Å². The predicted octanol–water partition coefficient (Wildman–Crippen LogP) is 18.7. The molecule has 80 heavy (non-hydrogen) atoms. The number of esters is 2. The molecule has 0 heterocycles. The van der Waals surface area contributed by atoms with Gasteiger partial charge in [-0.2, -0.15) is 0 Å². The zero-order chi connectivity index (χ0) is 58.4. The molecule has 9 nitrogen and oxygen atoms in total. The van der Waals surface area contributed by atoms with Gasteiger partial charge in [0.1, 0.15) is 19.8 Å². The van der Waals surface area contributed by atoms with Gasteiger partial charge in [0.05, 0.1) is 27.7 Å². The number of nitrogens with zero attached hydrogens (tertiary/aromatic N) is 1. The van der Waals surface area contributed by atoms with Gasteiger partial charge >= 0.3 is 11.9 Å². The van der Waals surface area contributed by atoms with Gasteiger partial charge in [-0.25, -0.2) is 0 Å². The lowest BCUT2D eigenvalue weighted by Crippen LogP contribution is -2.37. The van der Waals surface area contributed by atoms with Crippen LogP contribution < -0.4 is 4.89 Å². The van der Waals surface area contributed by atoms with Crippen molar-refractivity contribution in [1.29, 1.82) is 0 Å². The van der Waals surface area contributed by atoms with Gasteiger partial charge in [-0.3, -0.25) is 14.2 Å². The fourth-order valence-corrected chi connectivity index (χ4v) is 7.77. The Morgan fingerprint density at radius 1 is 0.388 bits per heavy atom. The maximum absolute atomic E-state index is 12.8. The second kappa shape index (κ2) is 58.5. The summed E-state index contributed by atoms with van der Waals surface area (Å²) in [6.07, 6.45) is 91.9. The van der Waals surface area contributed by atoms with Crippen molar-refractivity contribution in [2.24, 2.45) is 0 Å². The highest BCUT2D eigenvalue weighted by Gasteiger charge is 2.21. The van der Waals surface area contributed by atoms with E-state index in [-0.39, 0.29) is 26.1 Å². The third-order valence-corrected chi connectivity index (χ3v) is 12.6. The number of phosphoric ester groups is 1. The maximum Gasteiger partial charge on any atom is 0.306 e. The number of unbranched alkanes of at least 4 members (excludes halogenated alkanes) is 6. The van der Waals surface area contributed by atoms with Crippen molar-refractivity contribution in [1.82, 2.24) is 0 Å². The highest BCUT2D eigenvalue weighted by molar-refractivity contribution is 7.45. The van der Waals surface area contributed by atoms with Gasteiger partial charge in [-0.05, 0) is 141 Å². The number of carbonyl (C=O) groups excluding carboxylic acids is 2. The molecule has 0 aliphatic heterocycles. The van der Waals surface area contributed by atoms with Gasteiger partial charge in [-0.15, -0.1) is 0 Å². The minimum atomic E-state index is -4.67. The summed E-state index contributed by atoms with van der Waals surface area (Å²) in [5.74, 6) is -0.935. The summed E-state index contributed by atoms with van der Waals surface area (Å²) in [5.41, 5.74) is 0. The van der Waals surface area contributed by atoms with E-state index >= 15 is 0 Å². The second-order valence-electron chi connectivity index (χ2n) is 20.2. The number of quaternary nitrogens is 1. The second-order valence-corrected chi connectivity index (χ2v) is 21.7. The lowest BCUT2D eigenvalue weighted by atomic mass is 10.1. The van der Waals surface area contributed by atoms with Gasteiger partial charge in [0.2, 0.25) is 0 Å². The van der Waals surface area contributed by atoms with Crippen molar-refractivity contribution in [2.45, 2.75) is 187 Å². The molecule has 10 heteroatoms. The number of allylic oxidation sites excluding steroid dienone is 32. The maximum atomic E-state index is 12.8. The summed E-state index contributed by atoms with van der Waals surface area (Å²) < 4.78 is 34.1. The quantitative estimate of drug-likeness (QED) is 0.0195. The van der Waals surface area contributed by atoms with Gasteiger partial charge in [0, 0.05) is 12.8 Å². The predicted molar refractivity (Wildman–Crippen MR) is 341 cm³/mol. The zero-order valence-corrected chi connectivity index (χ0v) is 51.3. The summed E-state index contributed by atoms with van der Waals surface area (Å²) in [7, 11) is 1.09. The van der Waals surface area contributed by atoms with E-state index in [9.17, 15) is 19.0 Å². The van der Waals surface area contributed by atoms with Crippen LogP contribution in [0.2, 0.25) is 0 Å². The molecule has 0 saturated carbocycles. The Hall–Kier alpha value is -5.15. The van der Waals surface area contributed by atoms with Crippen LogP contribution in [0.5, 0.6) is 0 Å². The number of phosphoric acid groups is 1. The highest BCUT2D eigenvalue weighted by atomic mass is 31.2. The molecule has 0 aromatic carbocycles. The Balaban J connectivity index is 4.38. The zero-order valence-electron chi connectivity index (χ0n) is 50.4. The normalized spacial score (nSPS) is 14.6.